The van der Waals surface area contributed by atoms with Crippen LogP contribution in [0.2, 0.25) is 5.02 Å². The minimum Gasteiger partial charge on any atom is -0.383 e. The number of carbonyl (C=O) groups is 1. The molecule has 0 bridgehead atoms. The second-order valence-electron chi connectivity index (χ2n) is 6.03. The molecule has 26 heavy (non-hydrogen) atoms. The zero-order chi connectivity index (χ0) is 18.4. The van der Waals surface area contributed by atoms with Crippen molar-refractivity contribution >= 4 is 28.9 Å². The van der Waals surface area contributed by atoms with Crippen LogP contribution in [0, 0.1) is 6.92 Å². The lowest BCUT2D eigenvalue weighted by atomic mass is 10.1. The highest BCUT2D eigenvalue weighted by Crippen LogP contribution is 2.16. The molecule has 3 rings (SSSR count). The molecule has 0 unspecified atom stereocenters. The Morgan fingerprint density at radius 3 is 2.62 bits per heavy atom. The van der Waals surface area contributed by atoms with Gasteiger partial charge in [-0.2, -0.15) is 0 Å². The van der Waals surface area contributed by atoms with Gasteiger partial charge in [-0.3, -0.25) is 9.78 Å². The highest BCUT2D eigenvalue weighted by molar-refractivity contribution is 6.30. The average Bonchev–Trinajstić information content (AvgIpc) is 2.65. The van der Waals surface area contributed by atoms with Crippen LogP contribution in [0.3, 0.4) is 0 Å². The number of para-hydroxylation sites is 1. The lowest BCUT2D eigenvalue weighted by Gasteiger charge is -2.10. The Morgan fingerprint density at radius 1 is 1.08 bits per heavy atom. The van der Waals surface area contributed by atoms with Crippen molar-refractivity contribution in [1.82, 2.24) is 4.98 Å². The molecule has 3 aromatic rings. The summed E-state index contributed by atoms with van der Waals surface area (Å²) in [7, 11) is 0. The summed E-state index contributed by atoms with van der Waals surface area (Å²) in [4.78, 5) is 16.6. The predicted octanol–water partition coefficient (Wildman–Crippen LogP) is 4.95. The minimum atomic E-state index is -0.173. The van der Waals surface area contributed by atoms with Crippen molar-refractivity contribution < 1.29 is 4.79 Å². The molecular weight excluding hydrogens is 346 g/mol. The number of carbonyl (C=O) groups excluding carboxylic acids is 1. The van der Waals surface area contributed by atoms with Crippen LogP contribution in [0.15, 0.2) is 67.0 Å². The first-order valence-corrected chi connectivity index (χ1v) is 8.80. The molecule has 0 radical (unpaired) electrons. The van der Waals surface area contributed by atoms with Crippen LogP contribution < -0.4 is 10.6 Å². The maximum absolute atomic E-state index is 12.5. The number of nitrogens with one attached hydrogen (secondary N) is 2. The summed E-state index contributed by atoms with van der Waals surface area (Å²) in [5.74, 6) is -0.173. The number of benzene rings is 2. The Labute approximate surface area is 158 Å². The van der Waals surface area contributed by atoms with E-state index in [0.717, 1.165) is 34.9 Å². The van der Waals surface area contributed by atoms with Crippen molar-refractivity contribution in [3.05, 3.63) is 88.7 Å². The van der Waals surface area contributed by atoms with E-state index in [9.17, 15) is 4.79 Å². The van der Waals surface area contributed by atoms with E-state index in [-0.39, 0.29) is 5.91 Å². The van der Waals surface area contributed by atoms with E-state index in [4.69, 9.17) is 11.6 Å². The molecule has 0 atom stereocenters. The summed E-state index contributed by atoms with van der Waals surface area (Å²) in [5, 5.41) is 6.96. The van der Waals surface area contributed by atoms with E-state index < -0.39 is 0 Å². The van der Waals surface area contributed by atoms with E-state index in [1.54, 1.807) is 12.4 Å². The quantitative estimate of drug-likeness (QED) is 0.649. The van der Waals surface area contributed by atoms with Gasteiger partial charge in [-0.05, 0) is 48.7 Å². The summed E-state index contributed by atoms with van der Waals surface area (Å²) in [6, 6.07) is 17.3. The number of aromatic nitrogens is 1. The van der Waals surface area contributed by atoms with Gasteiger partial charge in [0, 0.05) is 29.6 Å². The molecule has 0 saturated heterocycles. The van der Waals surface area contributed by atoms with Crippen LogP contribution in [0.5, 0.6) is 0 Å². The first-order chi connectivity index (χ1) is 12.6. The molecule has 0 fully saturated rings. The Kier molecular flexibility index (Phi) is 5.87. The van der Waals surface area contributed by atoms with Crippen molar-refractivity contribution in [3.8, 4) is 0 Å². The van der Waals surface area contributed by atoms with E-state index in [2.05, 4.69) is 15.6 Å². The molecule has 0 aliphatic heterocycles. The predicted molar refractivity (Wildman–Crippen MR) is 107 cm³/mol. The standard InChI is InChI=1S/C21H20ClN3O/c1-15-4-2-3-5-20(15)25-21(26)17-12-19(14-23-13-17)24-11-10-16-6-8-18(22)9-7-16/h2-9,12-14,24H,10-11H2,1H3,(H,25,26). The van der Waals surface area contributed by atoms with Crippen LogP contribution in [0.4, 0.5) is 11.4 Å². The highest BCUT2D eigenvalue weighted by Gasteiger charge is 2.08. The molecule has 1 heterocycles. The number of hydrogen-bond acceptors (Lipinski definition) is 3. The maximum Gasteiger partial charge on any atom is 0.257 e. The number of amides is 1. The summed E-state index contributed by atoms with van der Waals surface area (Å²) >= 11 is 5.89. The largest absolute Gasteiger partial charge is 0.383 e. The van der Waals surface area contributed by atoms with Crippen molar-refractivity contribution in [2.24, 2.45) is 0 Å². The van der Waals surface area contributed by atoms with Gasteiger partial charge in [0.1, 0.15) is 0 Å². The fourth-order valence-electron chi connectivity index (χ4n) is 2.57. The molecule has 0 saturated carbocycles. The molecule has 132 valence electrons. The Balaban J connectivity index is 1.59. The molecule has 5 heteroatoms. The molecule has 0 aliphatic carbocycles. The van der Waals surface area contributed by atoms with Crippen LogP contribution >= 0.6 is 11.6 Å². The molecule has 1 amide bonds. The van der Waals surface area contributed by atoms with Crippen LogP contribution in [0.1, 0.15) is 21.5 Å². The number of pyridine rings is 1. The molecule has 0 aliphatic rings. The summed E-state index contributed by atoms with van der Waals surface area (Å²) in [6.45, 7) is 2.70. The van der Waals surface area contributed by atoms with Crippen LogP contribution in [-0.2, 0) is 6.42 Å². The second-order valence-corrected chi connectivity index (χ2v) is 6.47. The van der Waals surface area contributed by atoms with Gasteiger partial charge in [0.05, 0.1) is 11.3 Å². The second kappa shape index (κ2) is 8.50. The normalized spacial score (nSPS) is 10.4. The van der Waals surface area contributed by atoms with E-state index in [1.165, 1.54) is 5.56 Å². The lowest BCUT2D eigenvalue weighted by Crippen LogP contribution is -2.14. The Hall–Kier alpha value is -2.85. The Bertz CT molecular complexity index is 894. The zero-order valence-electron chi connectivity index (χ0n) is 14.5. The van der Waals surface area contributed by atoms with Crippen molar-refractivity contribution in [2.45, 2.75) is 13.3 Å². The molecule has 1 aromatic heterocycles. The molecule has 0 spiro atoms. The number of rotatable bonds is 6. The van der Waals surface area contributed by atoms with Crippen LogP contribution in [0.25, 0.3) is 0 Å². The Morgan fingerprint density at radius 2 is 1.85 bits per heavy atom. The van der Waals surface area contributed by atoms with Gasteiger partial charge in [-0.25, -0.2) is 0 Å². The van der Waals surface area contributed by atoms with Crippen molar-refractivity contribution in [1.29, 1.82) is 0 Å². The number of nitrogens with zero attached hydrogens (tertiary/aromatic N) is 1. The third kappa shape index (κ3) is 4.83. The number of anilines is 2. The van der Waals surface area contributed by atoms with Crippen LogP contribution in [-0.4, -0.2) is 17.4 Å². The van der Waals surface area contributed by atoms with Gasteiger partial charge in [-0.15, -0.1) is 0 Å². The number of hydrogen-bond donors (Lipinski definition) is 2. The van der Waals surface area contributed by atoms with Crippen molar-refractivity contribution in [3.63, 3.8) is 0 Å². The molecule has 2 N–H and O–H groups in total. The lowest BCUT2D eigenvalue weighted by molar-refractivity contribution is 0.102. The first-order valence-electron chi connectivity index (χ1n) is 8.42. The minimum absolute atomic E-state index is 0.173. The van der Waals surface area contributed by atoms with Gasteiger partial charge < -0.3 is 10.6 Å². The summed E-state index contributed by atoms with van der Waals surface area (Å²) < 4.78 is 0. The monoisotopic (exact) mass is 365 g/mol. The third-order valence-electron chi connectivity index (χ3n) is 4.05. The SMILES string of the molecule is Cc1ccccc1NC(=O)c1cncc(NCCc2ccc(Cl)cc2)c1. The van der Waals surface area contributed by atoms with Crippen molar-refractivity contribution in [2.75, 3.05) is 17.2 Å². The van der Waals surface area contributed by atoms with E-state index in [0.29, 0.717) is 5.56 Å². The summed E-state index contributed by atoms with van der Waals surface area (Å²) in [6.07, 6.45) is 4.14. The van der Waals surface area contributed by atoms with E-state index in [1.807, 2.05) is 61.5 Å². The first kappa shape index (κ1) is 18.0. The van der Waals surface area contributed by atoms with Gasteiger partial charge in [-0.1, -0.05) is 41.9 Å². The number of aryl methyl sites for hydroxylation is 1. The zero-order valence-corrected chi connectivity index (χ0v) is 15.3. The topological polar surface area (TPSA) is 54.0 Å². The van der Waals surface area contributed by atoms with Gasteiger partial charge in [0.15, 0.2) is 0 Å². The van der Waals surface area contributed by atoms with E-state index >= 15 is 0 Å². The fourth-order valence-corrected chi connectivity index (χ4v) is 2.70. The number of halogens is 1. The average molecular weight is 366 g/mol. The molecule has 4 nitrogen and oxygen atoms in total. The molecular formula is C21H20ClN3O. The van der Waals surface area contributed by atoms with Gasteiger partial charge in [0.2, 0.25) is 0 Å². The van der Waals surface area contributed by atoms with Gasteiger partial charge >= 0.3 is 0 Å². The summed E-state index contributed by atoms with van der Waals surface area (Å²) in [5.41, 5.74) is 4.36. The molecule has 2 aromatic carbocycles. The maximum atomic E-state index is 12.5. The highest BCUT2D eigenvalue weighted by atomic mass is 35.5. The smallest absolute Gasteiger partial charge is 0.257 e. The van der Waals surface area contributed by atoms with Gasteiger partial charge in [0.25, 0.3) is 5.91 Å². The third-order valence-corrected chi connectivity index (χ3v) is 4.30. The fraction of sp³-hybridized carbons (Fsp3) is 0.143.